The lowest BCUT2D eigenvalue weighted by Crippen LogP contribution is -2.60. The maximum absolute atomic E-state index is 13.2. The van der Waals surface area contributed by atoms with Gasteiger partial charge in [-0.3, -0.25) is 4.79 Å². The van der Waals surface area contributed by atoms with Gasteiger partial charge in [-0.1, -0.05) is 26.7 Å². The van der Waals surface area contributed by atoms with E-state index in [1.54, 1.807) is 0 Å². The highest BCUT2D eigenvalue weighted by Gasteiger charge is 2.77. The molecule has 0 amide bonds. The number of fused-ring (bicyclic) bond motifs is 6. The van der Waals surface area contributed by atoms with Crippen molar-refractivity contribution < 1.29 is 14.6 Å². The lowest BCUT2D eigenvalue weighted by molar-refractivity contribution is -0.154. The summed E-state index contributed by atoms with van der Waals surface area (Å²) in [5.41, 5.74) is 0.371. The van der Waals surface area contributed by atoms with Crippen LogP contribution < -0.4 is 0 Å². The number of hydrogen-bond acceptors (Lipinski definition) is 3. The van der Waals surface area contributed by atoms with Gasteiger partial charge in [0.05, 0.1) is 12.2 Å². The molecular weight excluding hydrogens is 348 g/mol. The highest BCUT2D eigenvalue weighted by Crippen LogP contribution is 2.77. The Bertz CT molecular complexity index is 719. The Morgan fingerprint density at radius 2 is 1.75 bits per heavy atom. The largest absolute Gasteiger partial charge is 0.393 e. The van der Waals surface area contributed by atoms with E-state index in [4.69, 9.17) is 4.74 Å². The fourth-order valence-electron chi connectivity index (χ4n) is 10.5. The average Bonchev–Trinajstić information content (AvgIpc) is 3.27. The number of hydrogen-bond donors (Lipinski definition) is 1. The highest BCUT2D eigenvalue weighted by molar-refractivity contribution is 5.84. The zero-order valence-electron chi connectivity index (χ0n) is 18.0. The Balaban J connectivity index is 1.40. The van der Waals surface area contributed by atoms with Crippen LogP contribution in [0.2, 0.25) is 0 Å². The minimum absolute atomic E-state index is 0.0246. The molecule has 3 heteroatoms. The van der Waals surface area contributed by atoms with Gasteiger partial charge in [0.25, 0.3) is 0 Å². The van der Waals surface area contributed by atoms with Gasteiger partial charge < -0.3 is 9.84 Å². The summed E-state index contributed by atoms with van der Waals surface area (Å²) in [5.74, 6) is 3.27. The van der Waals surface area contributed by atoms with Crippen LogP contribution in [0.5, 0.6) is 0 Å². The first-order valence-electron chi connectivity index (χ1n) is 12.2. The summed E-state index contributed by atoms with van der Waals surface area (Å²) in [6.07, 6.45) is 13.1. The Hall–Kier alpha value is -0.410. The van der Waals surface area contributed by atoms with Crippen LogP contribution in [0.3, 0.4) is 0 Å². The molecule has 0 aromatic rings. The zero-order chi connectivity index (χ0) is 19.5. The third-order valence-corrected chi connectivity index (χ3v) is 11.7. The number of carbonyl (C=O) groups is 1. The van der Waals surface area contributed by atoms with E-state index in [-0.39, 0.29) is 27.9 Å². The maximum Gasteiger partial charge on any atom is 0.136 e. The molecule has 0 bridgehead atoms. The fraction of sp³-hybridized carbons (Fsp3) is 0.960. The molecular formula is C25H38O3. The van der Waals surface area contributed by atoms with Crippen LogP contribution >= 0.6 is 0 Å². The summed E-state index contributed by atoms with van der Waals surface area (Å²) >= 11 is 0. The van der Waals surface area contributed by atoms with Gasteiger partial charge in [-0.15, -0.1) is 0 Å². The van der Waals surface area contributed by atoms with Crippen LogP contribution in [-0.2, 0) is 9.53 Å². The van der Waals surface area contributed by atoms with Crippen molar-refractivity contribution >= 4 is 5.78 Å². The molecule has 28 heavy (non-hydrogen) atoms. The van der Waals surface area contributed by atoms with Crippen molar-refractivity contribution in [2.24, 2.45) is 39.9 Å². The monoisotopic (exact) mass is 386 g/mol. The lowest BCUT2D eigenvalue weighted by Gasteiger charge is -2.61. The number of aliphatic hydroxyl groups is 1. The van der Waals surface area contributed by atoms with Crippen molar-refractivity contribution in [1.82, 2.24) is 0 Å². The first-order valence-corrected chi connectivity index (χ1v) is 12.2. The molecule has 0 radical (unpaired) electrons. The van der Waals surface area contributed by atoms with Crippen LogP contribution in [0, 0.1) is 39.9 Å². The van der Waals surface area contributed by atoms with Gasteiger partial charge >= 0.3 is 0 Å². The van der Waals surface area contributed by atoms with Gasteiger partial charge in [0.15, 0.2) is 0 Å². The predicted molar refractivity (Wildman–Crippen MR) is 108 cm³/mol. The number of aliphatic hydroxyl groups excluding tert-OH is 1. The maximum atomic E-state index is 13.2. The number of ether oxygens (including phenoxy) is 1. The van der Waals surface area contributed by atoms with E-state index in [0.29, 0.717) is 23.7 Å². The third-order valence-electron chi connectivity index (χ3n) is 11.7. The first-order chi connectivity index (χ1) is 13.3. The summed E-state index contributed by atoms with van der Waals surface area (Å²) in [5, 5.41) is 10.4. The van der Waals surface area contributed by atoms with E-state index < -0.39 is 0 Å². The number of carbonyl (C=O) groups excluding carboxylic acids is 1. The molecule has 6 aliphatic rings. The summed E-state index contributed by atoms with van der Waals surface area (Å²) in [4.78, 5) is 13.2. The second-order valence-corrected chi connectivity index (χ2v) is 12.1. The standard InChI is InChI=1S/C25H38O3/c1-15(26)24-9-5-4-6-16(24)12-20-18-13-21-25(28-21)14-17(27)7-10-23(25,3)19(18)8-11-22(20,24)2/h16-21,27H,4-14H2,1-3H3/t16-,17-,18+,19-,20-,21+,22-,23+,24-,25-/m0/s1. The molecule has 0 aromatic heterocycles. The predicted octanol–water partition coefficient (Wildman–Crippen LogP) is 4.90. The van der Waals surface area contributed by atoms with Crippen LogP contribution in [0.4, 0.5) is 0 Å². The SMILES string of the molecule is CC(=O)[C@@]12CCCC[C@H]1C[C@H]1[C@@H]3C[C@H]4O[C@@]45C[C@@H](O)CC[C@]5(C)[C@H]3CC[C@@]12C. The summed E-state index contributed by atoms with van der Waals surface area (Å²) < 4.78 is 6.48. The molecule has 6 fully saturated rings. The van der Waals surface area contributed by atoms with Crippen molar-refractivity contribution in [2.75, 3.05) is 0 Å². The molecule has 6 rings (SSSR count). The van der Waals surface area contributed by atoms with Crippen LogP contribution in [-0.4, -0.2) is 28.7 Å². The summed E-state index contributed by atoms with van der Waals surface area (Å²) in [6.45, 7) is 6.93. The van der Waals surface area contributed by atoms with Crippen LogP contribution in [0.1, 0.15) is 91.4 Å². The molecule has 3 nitrogen and oxygen atoms in total. The Labute approximate surface area is 170 Å². The minimum atomic E-state index is -0.168. The van der Waals surface area contributed by atoms with Gasteiger partial charge in [0, 0.05) is 17.3 Å². The molecule has 10 atom stereocenters. The molecule has 1 heterocycles. The van der Waals surface area contributed by atoms with E-state index in [1.165, 1.54) is 44.9 Å². The second-order valence-electron chi connectivity index (χ2n) is 12.1. The topological polar surface area (TPSA) is 49.8 Å². The van der Waals surface area contributed by atoms with Gasteiger partial charge in [0.1, 0.15) is 11.4 Å². The summed E-state index contributed by atoms with van der Waals surface area (Å²) in [6, 6.07) is 0. The normalized spacial score (nSPS) is 62.0. The van der Waals surface area contributed by atoms with Gasteiger partial charge in [-0.2, -0.15) is 0 Å². The van der Waals surface area contributed by atoms with Crippen molar-refractivity contribution in [3.05, 3.63) is 0 Å². The van der Waals surface area contributed by atoms with E-state index in [0.717, 1.165) is 37.5 Å². The molecule has 5 saturated carbocycles. The Kier molecular flexibility index (Phi) is 3.57. The van der Waals surface area contributed by atoms with Crippen molar-refractivity contribution in [2.45, 2.75) is 109 Å². The minimum Gasteiger partial charge on any atom is -0.393 e. The quantitative estimate of drug-likeness (QED) is 0.652. The molecule has 5 aliphatic carbocycles. The number of epoxide rings is 1. The van der Waals surface area contributed by atoms with E-state index >= 15 is 0 Å². The Morgan fingerprint density at radius 1 is 0.964 bits per heavy atom. The van der Waals surface area contributed by atoms with Crippen molar-refractivity contribution in [3.63, 3.8) is 0 Å². The van der Waals surface area contributed by atoms with E-state index in [2.05, 4.69) is 13.8 Å². The number of Topliss-reactive ketones (excluding diaryl/α,β-unsaturated/α-hetero) is 1. The molecule has 0 unspecified atom stereocenters. The first kappa shape index (κ1) is 18.4. The molecule has 1 saturated heterocycles. The van der Waals surface area contributed by atoms with Gasteiger partial charge in [-0.05, 0) is 87.4 Å². The number of ketones is 1. The summed E-state index contributed by atoms with van der Waals surface area (Å²) in [7, 11) is 0. The van der Waals surface area contributed by atoms with E-state index in [9.17, 15) is 9.90 Å². The molecule has 0 aromatic carbocycles. The molecule has 1 N–H and O–H groups in total. The molecule has 156 valence electrons. The highest BCUT2D eigenvalue weighted by atomic mass is 16.6. The van der Waals surface area contributed by atoms with Crippen molar-refractivity contribution in [3.8, 4) is 0 Å². The average molecular weight is 387 g/mol. The lowest BCUT2D eigenvalue weighted by atomic mass is 9.42. The van der Waals surface area contributed by atoms with Gasteiger partial charge in [0.2, 0.25) is 0 Å². The molecule has 1 aliphatic heterocycles. The molecule has 1 spiro atoms. The van der Waals surface area contributed by atoms with Gasteiger partial charge in [-0.25, -0.2) is 0 Å². The smallest absolute Gasteiger partial charge is 0.136 e. The second kappa shape index (κ2) is 5.44. The third kappa shape index (κ3) is 1.84. The fourth-order valence-corrected chi connectivity index (χ4v) is 10.5. The zero-order valence-corrected chi connectivity index (χ0v) is 18.0. The van der Waals surface area contributed by atoms with E-state index in [1.807, 2.05) is 6.92 Å². The van der Waals surface area contributed by atoms with Crippen LogP contribution in [0.15, 0.2) is 0 Å². The number of rotatable bonds is 1. The van der Waals surface area contributed by atoms with Crippen molar-refractivity contribution in [1.29, 1.82) is 0 Å². The Morgan fingerprint density at radius 3 is 2.54 bits per heavy atom. The van der Waals surface area contributed by atoms with Crippen LogP contribution in [0.25, 0.3) is 0 Å².